The molecular formula is C16H17F3N5O2+. The van der Waals surface area contributed by atoms with E-state index in [0.29, 0.717) is 11.3 Å². The lowest BCUT2D eigenvalue weighted by Crippen LogP contribution is -2.29. The van der Waals surface area contributed by atoms with Crippen LogP contribution in [0.4, 0.5) is 29.3 Å². The van der Waals surface area contributed by atoms with Crippen LogP contribution < -0.4 is 22.4 Å². The Kier molecular flexibility index (Phi) is 6.02. The maximum absolute atomic E-state index is 12.7. The SMILES string of the molecule is NN/C=[N+](\N)c1cccc(COC(=O)Nc2cccc(C(F)(F)F)c2)c1. The summed E-state index contributed by atoms with van der Waals surface area (Å²) in [5.41, 5.74) is 2.61. The number of hydrazine groups is 2. The fourth-order valence-corrected chi connectivity index (χ4v) is 2.04. The molecule has 0 fully saturated rings. The number of alkyl halides is 3. The molecule has 2 rings (SSSR count). The molecule has 7 nitrogen and oxygen atoms in total. The predicted molar refractivity (Wildman–Crippen MR) is 89.2 cm³/mol. The molecule has 1 amide bonds. The minimum absolute atomic E-state index is 0.0182. The first-order valence-corrected chi connectivity index (χ1v) is 7.33. The lowest BCUT2D eigenvalue weighted by atomic mass is 10.2. The molecule has 0 spiro atoms. The molecule has 0 aromatic heterocycles. The van der Waals surface area contributed by atoms with E-state index in [1.807, 2.05) is 0 Å². The number of nitrogens with two attached hydrogens (primary N) is 2. The summed E-state index contributed by atoms with van der Waals surface area (Å²) in [4.78, 5) is 11.8. The van der Waals surface area contributed by atoms with E-state index in [0.717, 1.165) is 12.1 Å². The lowest BCUT2D eigenvalue weighted by molar-refractivity contribution is -0.449. The summed E-state index contributed by atoms with van der Waals surface area (Å²) in [5, 5.41) is 2.25. The Bertz CT molecular complexity index is 808. The van der Waals surface area contributed by atoms with Crippen molar-refractivity contribution in [3.8, 4) is 0 Å². The van der Waals surface area contributed by atoms with E-state index in [4.69, 9.17) is 16.4 Å². The number of amides is 1. The zero-order valence-electron chi connectivity index (χ0n) is 13.5. The van der Waals surface area contributed by atoms with Crippen LogP contribution in [-0.4, -0.2) is 17.1 Å². The first-order chi connectivity index (χ1) is 12.3. The van der Waals surface area contributed by atoms with E-state index < -0.39 is 17.8 Å². The van der Waals surface area contributed by atoms with Crippen molar-refractivity contribution in [2.75, 3.05) is 5.32 Å². The second-order valence-corrected chi connectivity index (χ2v) is 5.15. The maximum Gasteiger partial charge on any atom is 0.416 e. The maximum atomic E-state index is 12.7. The summed E-state index contributed by atoms with van der Waals surface area (Å²) in [6.07, 6.45) is -4.05. The second kappa shape index (κ2) is 8.21. The fraction of sp³-hybridized carbons (Fsp3) is 0.125. The standard InChI is InChI=1S/C16H16F3N5O2/c17-16(18,19)12-4-2-5-13(8-12)23-15(25)26-9-11-3-1-6-14(7-11)24(21)10-22-20/h1-8,10H,9,20-21H2,(H,23,25)/p+1. The van der Waals surface area contributed by atoms with E-state index in [1.54, 1.807) is 24.3 Å². The Labute approximate surface area is 147 Å². The van der Waals surface area contributed by atoms with Gasteiger partial charge in [0, 0.05) is 5.69 Å². The van der Waals surface area contributed by atoms with E-state index in [2.05, 4.69) is 10.7 Å². The van der Waals surface area contributed by atoms with Crippen molar-refractivity contribution in [1.82, 2.24) is 5.43 Å². The van der Waals surface area contributed by atoms with Gasteiger partial charge in [0.1, 0.15) is 6.61 Å². The normalized spacial score (nSPS) is 11.8. The quantitative estimate of drug-likeness (QED) is 0.213. The van der Waals surface area contributed by atoms with Crippen LogP contribution in [0, 0.1) is 0 Å². The smallest absolute Gasteiger partial charge is 0.416 e. The third-order valence-corrected chi connectivity index (χ3v) is 3.23. The summed E-state index contributed by atoms with van der Waals surface area (Å²) >= 11 is 0. The molecule has 0 atom stereocenters. The summed E-state index contributed by atoms with van der Waals surface area (Å²) in [7, 11) is 0. The molecule has 2 aromatic carbocycles. The van der Waals surface area contributed by atoms with Gasteiger partial charge in [0.05, 0.1) is 5.56 Å². The minimum Gasteiger partial charge on any atom is -0.444 e. The van der Waals surface area contributed by atoms with Gasteiger partial charge < -0.3 is 4.74 Å². The molecule has 0 aliphatic rings. The number of hydrazone groups is 1. The predicted octanol–water partition coefficient (Wildman–Crippen LogP) is 2.46. The van der Waals surface area contributed by atoms with Crippen LogP contribution in [0.2, 0.25) is 0 Å². The molecule has 6 N–H and O–H groups in total. The molecule has 0 radical (unpaired) electrons. The average Bonchev–Trinajstić information content (AvgIpc) is 2.60. The molecule has 0 saturated heterocycles. The van der Waals surface area contributed by atoms with Crippen molar-refractivity contribution in [3.05, 3.63) is 59.7 Å². The highest BCUT2D eigenvalue weighted by Gasteiger charge is 2.30. The fourth-order valence-electron chi connectivity index (χ4n) is 2.04. The first kappa shape index (κ1) is 19.1. The van der Waals surface area contributed by atoms with Crippen molar-refractivity contribution >= 4 is 23.8 Å². The molecule has 138 valence electrons. The highest BCUT2D eigenvalue weighted by Crippen LogP contribution is 2.30. The van der Waals surface area contributed by atoms with Crippen LogP contribution in [0.3, 0.4) is 0 Å². The van der Waals surface area contributed by atoms with E-state index in [9.17, 15) is 18.0 Å². The van der Waals surface area contributed by atoms with Crippen LogP contribution >= 0.6 is 0 Å². The number of halogens is 3. The number of nitrogens with zero attached hydrogens (tertiary/aromatic N) is 1. The molecule has 0 aliphatic heterocycles. The summed E-state index contributed by atoms with van der Waals surface area (Å²) in [6.45, 7) is -0.0947. The van der Waals surface area contributed by atoms with E-state index in [1.165, 1.54) is 23.2 Å². The van der Waals surface area contributed by atoms with Gasteiger partial charge in [-0.3, -0.25) is 11.2 Å². The Morgan fingerprint density at radius 3 is 2.62 bits per heavy atom. The van der Waals surface area contributed by atoms with Gasteiger partial charge in [-0.2, -0.15) is 19.0 Å². The molecule has 0 bridgehead atoms. The highest BCUT2D eigenvalue weighted by atomic mass is 19.4. The molecule has 26 heavy (non-hydrogen) atoms. The highest BCUT2D eigenvalue weighted by molar-refractivity contribution is 5.84. The summed E-state index contributed by atoms with van der Waals surface area (Å²) in [6, 6.07) is 11.0. The number of hydrogen-bond donors (Lipinski definition) is 4. The Morgan fingerprint density at radius 1 is 1.19 bits per heavy atom. The van der Waals surface area contributed by atoms with E-state index in [-0.39, 0.29) is 12.3 Å². The van der Waals surface area contributed by atoms with Crippen molar-refractivity contribution in [2.24, 2.45) is 11.7 Å². The number of ether oxygens (including phenoxy) is 1. The van der Waals surface area contributed by atoms with Crippen LogP contribution in [0.15, 0.2) is 48.5 Å². The molecule has 2 aromatic rings. The zero-order chi connectivity index (χ0) is 19.2. The lowest BCUT2D eigenvalue weighted by Gasteiger charge is -2.10. The van der Waals surface area contributed by atoms with Crippen LogP contribution in [0.5, 0.6) is 0 Å². The third-order valence-electron chi connectivity index (χ3n) is 3.23. The van der Waals surface area contributed by atoms with Crippen molar-refractivity contribution in [1.29, 1.82) is 0 Å². The number of benzene rings is 2. The van der Waals surface area contributed by atoms with Crippen molar-refractivity contribution in [2.45, 2.75) is 12.8 Å². The van der Waals surface area contributed by atoms with Gasteiger partial charge in [-0.05, 0) is 35.9 Å². The monoisotopic (exact) mass is 368 g/mol. The van der Waals surface area contributed by atoms with Gasteiger partial charge in [-0.1, -0.05) is 18.2 Å². The van der Waals surface area contributed by atoms with Gasteiger partial charge in [-0.25, -0.2) is 10.2 Å². The zero-order valence-corrected chi connectivity index (χ0v) is 13.5. The molecule has 0 aliphatic carbocycles. The Morgan fingerprint density at radius 2 is 1.92 bits per heavy atom. The molecule has 0 heterocycles. The third kappa shape index (κ3) is 5.38. The van der Waals surface area contributed by atoms with E-state index >= 15 is 0 Å². The average molecular weight is 368 g/mol. The first-order valence-electron chi connectivity index (χ1n) is 7.33. The molecule has 10 heteroatoms. The molecule has 0 unspecified atom stereocenters. The summed E-state index contributed by atoms with van der Waals surface area (Å²) in [5.74, 6) is 10.8. The van der Waals surface area contributed by atoms with Gasteiger partial charge >= 0.3 is 12.3 Å². The minimum atomic E-state index is -4.49. The van der Waals surface area contributed by atoms with Crippen molar-refractivity contribution in [3.63, 3.8) is 0 Å². The van der Waals surface area contributed by atoms with Gasteiger partial charge in [0.2, 0.25) is 0 Å². The van der Waals surface area contributed by atoms with Gasteiger partial charge in [0.15, 0.2) is 5.69 Å². The summed E-state index contributed by atoms with van der Waals surface area (Å²) < 4.78 is 44.2. The number of nitrogens with one attached hydrogen (secondary N) is 2. The number of carbonyl (C=O) groups is 1. The van der Waals surface area contributed by atoms with Crippen LogP contribution in [0.1, 0.15) is 11.1 Å². The van der Waals surface area contributed by atoms with Crippen LogP contribution in [-0.2, 0) is 17.5 Å². The second-order valence-electron chi connectivity index (χ2n) is 5.15. The number of hydrogen-bond acceptors (Lipinski definition) is 4. The largest absolute Gasteiger partial charge is 0.444 e. The van der Waals surface area contributed by atoms with Gasteiger partial charge in [0.25, 0.3) is 6.34 Å². The van der Waals surface area contributed by atoms with Gasteiger partial charge in [-0.15, -0.1) is 4.68 Å². The van der Waals surface area contributed by atoms with Crippen molar-refractivity contribution < 1.29 is 27.4 Å². The Balaban J connectivity index is 1.97. The van der Waals surface area contributed by atoms with Crippen LogP contribution in [0.25, 0.3) is 0 Å². The number of anilines is 1. The molecular weight excluding hydrogens is 351 g/mol. The Hall–Kier alpha value is -3.27. The molecule has 0 saturated carbocycles. The number of carbonyl (C=O) groups excluding carboxylic acids is 1. The number of rotatable bonds is 5. The topological polar surface area (TPSA) is 105 Å².